The molecule has 0 saturated carbocycles. The molecule has 1 aromatic carbocycles. The predicted molar refractivity (Wildman–Crippen MR) is 57.7 cm³/mol. The third kappa shape index (κ3) is 1.86. The monoisotopic (exact) mass is 257 g/mol. The Morgan fingerprint density at radius 3 is 2.71 bits per heavy atom. The van der Waals surface area contributed by atoms with Crippen molar-refractivity contribution in [2.45, 2.75) is 12.5 Å². The number of hydrogen-bond acceptors (Lipinski definition) is 3. The zero-order chi connectivity index (χ0) is 10.2. The van der Waals surface area contributed by atoms with E-state index in [1.54, 1.807) is 18.2 Å². The van der Waals surface area contributed by atoms with Gasteiger partial charge < -0.3 is 15.2 Å². The maximum absolute atomic E-state index is 9.30. The Hall–Kier alpha value is -0.740. The van der Waals surface area contributed by atoms with Crippen LogP contribution in [0, 0.1) is 0 Å². The summed E-state index contributed by atoms with van der Waals surface area (Å²) in [6, 6.07) is 5.16. The molecule has 1 saturated heterocycles. The van der Waals surface area contributed by atoms with Crippen molar-refractivity contribution in [2.75, 3.05) is 13.1 Å². The lowest BCUT2D eigenvalue weighted by Crippen LogP contribution is -2.60. The fraction of sp³-hybridized carbons (Fsp3) is 0.400. The van der Waals surface area contributed by atoms with E-state index in [0.717, 1.165) is 18.8 Å². The van der Waals surface area contributed by atoms with Crippen LogP contribution in [-0.2, 0) is 0 Å². The van der Waals surface area contributed by atoms with Gasteiger partial charge in [-0.1, -0.05) is 0 Å². The highest BCUT2D eigenvalue weighted by atomic mass is 79.9. The van der Waals surface area contributed by atoms with Crippen molar-refractivity contribution in [3.8, 4) is 11.5 Å². The van der Waals surface area contributed by atoms with Gasteiger partial charge in [0.25, 0.3) is 0 Å². The van der Waals surface area contributed by atoms with Crippen molar-refractivity contribution < 1.29 is 9.84 Å². The zero-order valence-electron chi connectivity index (χ0n) is 7.88. The number of benzene rings is 1. The van der Waals surface area contributed by atoms with Crippen molar-refractivity contribution >= 4 is 15.9 Å². The van der Waals surface area contributed by atoms with Gasteiger partial charge in [0.05, 0.1) is 4.47 Å². The van der Waals surface area contributed by atoms with Gasteiger partial charge in [0.1, 0.15) is 17.1 Å². The summed E-state index contributed by atoms with van der Waals surface area (Å²) in [5.41, 5.74) is -0.101. The number of nitrogens with one attached hydrogen (secondary N) is 1. The van der Waals surface area contributed by atoms with Crippen LogP contribution in [0.25, 0.3) is 0 Å². The molecule has 14 heavy (non-hydrogen) atoms. The van der Waals surface area contributed by atoms with Crippen LogP contribution in [0.3, 0.4) is 0 Å². The first-order chi connectivity index (χ1) is 6.59. The number of phenols is 1. The minimum absolute atomic E-state index is 0.101. The van der Waals surface area contributed by atoms with Gasteiger partial charge in [-0.05, 0) is 41.1 Å². The maximum Gasteiger partial charge on any atom is 0.131 e. The van der Waals surface area contributed by atoms with Crippen molar-refractivity contribution in [1.82, 2.24) is 5.32 Å². The Balaban J connectivity index is 2.13. The van der Waals surface area contributed by atoms with E-state index in [1.165, 1.54) is 0 Å². The third-order valence-corrected chi connectivity index (χ3v) is 2.92. The molecule has 0 unspecified atom stereocenters. The first kappa shape index (κ1) is 9.80. The minimum Gasteiger partial charge on any atom is -0.507 e. The molecular formula is C10H12BrNO2. The summed E-state index contributed by atoms with van der Waals surface area (Å²) in [4.78, 5) is 0. The van der Waals surface area contributed by atoms with E-state index in [4.69, 9.17) is 4.74 Å². The van der Waals surface area contributed by atoms with Gasteiger partial charge in [-0.15, -0.1) is 0 Å². The number of halogens is 1. The molecule has 0 aliphatic carbocycles. The van der Waals surface area contributed by atoms with Crippen LogP contribution in [0.15, 0.2) is 22.7 Å². The summed E-state index contributed by atoms with van der Waals surface area (Å²) < 4.78 is 6.43. The molecule has 0 radical (unpaired) electrons. The Bertz CT molecular complexity index is 350. The molecule has 0 bridgehead atoms. The smallest absolute Gasteiger partial charge is 0.131 e. The topological polar surface area (TPSA) is 41.5 Å². The molecular weight excluding hydrogens is 246 g/mol. The molecule has 0 aromatic heterocycles. The number of rotatable bonds is 2. The van der Waals surface area contributed by atoms with Crippen LogP contribution in [0.1, 0.15) is 6.92 Å². The van der Waals surface area contributed by atoms with Crippen molar-refractivity contribution in [3.05, 3.63) is 22.7 Å². The number of aromatic hydroxyl groups is 1. The van der Waals surface area contributed by atoms with Gasteiger partial charge in [-0.3, -0.25) is 0 Å². The fourth-order valence-electron chi connectivity index (χ4n) is 1.38. The maximum atomic E-state index is 9.30. The summed E-state index contributed by atoms with van der Waals surface area (Å²) in [5.74, 6) is 1.01. The molecule has 1 aromatic rings. The molecule has 1 aliphatic rings. The largest absolute Gasteiger partial charge is 0.507 e. The molecule has 3 nitrogen and oxygen atoms in total. The molecule has 1 aliphatic heterocycles. The highest BCUT2D eigenvalue weighted by molar-refractivity contribution is 9.10. The highest BCUT2D eigenvalue weighted by Crippen LogP contribution is 2.30. The molecule has 1 fully saturated rings. The third-order valence-electron chi connectivity index (χ3n) is 2.28. The van der Waals surface area contributed by atoms with E-state index in [2.05, 4.69) is 28.2 Å². The van der Waals surface area contributed by atoms with Gasteiger partial charge in [-0.2, -0.15) is 0 Å². The van der Waals surface area contributed by atoms with E-state index < -0.39 is 0 Å². The SMILES string of the molecule is CC1(Oc2ccc(O)c(Br)c2)CNC1. The van der Waals surface area contributed by atoms with Gasteiger partial charge in [0, 0.05) is 13.1 Å². The Morgan fingerprint density at radius 2 is 2.21 bits per heavy atom. The molecule has 0 spiro atoms. The van der Waals surface area contributed by atoms with E-state index >= 15 is 0 Å². The number of phenolic OH excluding ortho intramolecular Hbond substituents is 1. The van der Waals surface area contributed by atoms with Crippen molar-refractivity contribution in [2.24, 2.45) is 0 Å². The zero-order valence-corrected chi connectivity index (χ0v) is 9.47. The summed E-state index contributed by atoms with van der Waals surface area (Å²) in [6.45, 7) is 3.79. The molecule has 2 rings (SSSR count). The lowest BCUT2D eigenvalue weighted by molar-refractivity contribution is 0.0348. The summed E-state index contributed by atoms with van der Waals surface area (Å²) in [5, 5.41) is 12.5. The first-order valence-electron chi connectivity index (χ1n) is 4.47. The number of hydrogen-bond donors (Lipinski definition) is 2. The molecule has 2 N–H and O–H groups in total. The Morgan fingerprint density at radius 1 is 1.50 bits per heavy atom. The average Bonchev–Trinajstić information content (AvgIpc) is 2.09. The van der Waals surface area contributed by atoms with Gasteiger partial charge in [0.15, 0.2) is 0 Å². The predicted octanol–water partition coefficient (Wildman–Crippen LogP) is 1.90. The molecule has 0 atom stereocenters. The lowest BCUT2D eigenvalue weighted by Gasteiger charge is -2.39. The molecule has 1 heterocycles. The van der Waals surface area contributed by atoms with Gasteiger partial charge >= 0.3 is 0 Å². The summed E-state index contributed by atoms with van der Waals surface area (Å²) in [6.07, 6.45) is 0. The fourth-order valence-corrected chi connectivity index (χ4v) is 1.74. The van der Waals surface area contributed by atoms with Crippen LogP contribution >= 0.6 is 15.9 Å². The first-order valence-corrected chi connectivity index (χ1v) is 5.27. The van der Waals surface area contributed by atoms with Crippen LogP contribution in [0.4, 0.5) is 0 Å². The second kappa shape index (κ2) is 3.44. The molecule has 76 valence electrons. The number of ether oxygens (including phenoxy) is 1. The summed E-state index contributed by atoms with van der Waals surface area (Å²) in [7, 11) is 0. The Labute approximate surface area is 91.2 Å². The quantitative estimate of drug-likeness (QED) is 0.851. The second-order valence-electron chi connectivity index (χ2n) is 3.77. The lowest BCUT2D eigenvalue weighted by atomic mass is 10.00. The Kier molecular flexibility index (Phi) is 2.41. The van der Waals surface area contributed by atoms with E-state index in [-0.39, 0.29) is 11.4 Å². The van der Waals surface area contributed by atoms with Crippen LogP contribution < -0.4 is 10.1 Å². The standard InChI is InChI=1S/C10H12BrNO2/c1-10(5-12-6-10)14-7-2-3-9(13)8(11)4-7/h2-4,12-13H,5-6H2,1H3. The van der Waals surface area contributed by atoms with Crippen molar-refractivity contribution in [1.29, 1.82) is 0 Å². The van der Waals surface area contributed by atoms with E-state index in [0.29, 0.717) is 4.47 Å². The molecule has 0 amide bonds. The summed E-state index contributed by atoms with van der Waals surface area (Å²) >= 11 is 3.25. The van der Waals surface area contributed by atoms with Crippen LogP contribution in [0.5, 0.6) is 11.5 Å². The van der Waals surface area contributed by atoms with Crippen LogP contribution in [-0.4, -0.2) is 23.8 Å². The highest BCUT2D eigenvalue weighted by Gasteiger charge is 2.33. The van der Waals surface area contributed by atoms with Crippen molar-refractivity contribution in [3.63, 3.8) is 0 Å². The van der Waals surface area contributed by atoms with E-state index in [1.807, 2.05) is 0 Å². The van der Waals surface area contributed by atoms with Gasteiger partial charge in [0.2, 0.25) is 0 Å². The molecule has 4 heteroatoms. The normalized spacial score (nSPS) is 18.7. The average molecular weight is 258 g/mol. The van der Waals surface area contributed by atoms with Gasteiger partial charge in [-0.25, -0.2) is 0 Å². The second-order valence-corrected chi connectivity index (χ2v) is 4.62. The van der Waals surface area contributed by atoms with E-state index in [9.17, 15) is 5.11 Å². The minimum atomic E-state index is -0.101. The van der Waals surface area contributed by atoms with Crippen LogP contribution in [0.2, 0.25) is 0 Å².